The molecule has 202 valence electrons. The second-order valence-corrected chi connectivity index (χ2v) is 12.1. The monoisotopic (exact) mass is 597 g/mol. The molecule has 4 aromatic rings. The second-order valence-electron chi connectivity index (χ2n) is 10.8. The number of halogens is 3. The molecule has 0 unspecified atom stereocenters. The predicted octanol–water partition coefficient (Wildman–Crippen LogP) is 8.27. The average molecular weight is 599 g/mol. The summed E-state index contributed by atoms with van der Waals surface area (Å²) in [6, 6.07) is 23.0. The molecule has 3 aliphatic rings. The molecular formula is C34H22Cl3NO3. The van der Waals surface area contributed by atoms with Crippen molar-refractivity contribution in [2.45, 2.75) is 24.9 Å². The smallest absolute Gasteiger partial charge is 0.185 e. The van der Waals surface area contributed by atoms with Crippen LogP contribution in [0.4, 0.5) is 5.69 Å². The van der Waals surface area contributed by atoms with Gasteiger partial charge in [0.25, 0.3) is 0 Å². The van der Waals surface area contributed by atoms with Crippen molar-refractivity contribution in [2.24, 2.45) is 5.41 Å². The molecule has 1 aliphatic carbocycles. The molecule has 0 saturated carbocycles. The van der Waals surface area contributed by atoms with E-state index < -0.39 is 23.4 Å². The summed E-state index contributed by atoms with van der Waals surface area (Å²) in [5.41, 5.74) is 2.59. The van der Waals surface area contributed by atoms with Crippen LogP contribution in [0, 0.1) is 12.3 Å². The molecule has 7 rings (SSSR count). The third kappa shape index (κ3) is 3.64. The number of anilines is 1. The van der Waals surface area contributed by atoms with E-state index in [1.807, 2.05) is 48.2 Å². The van der Waals surface area contributed by atoms with Gasteiger partial charge < -0.3 is 4.90 Å². The molecule has 0 bridgehead atoms. The normalized spacial score (nSPS) is 21.7. The molecule has 2 heterocycles. The quantitative estimate of drug-likeness (QED) is 0.176. The lowest BCUT2D eigenvalue weighted by atomic mass is 9.64. The lowest BCUT2D eigenvalue weighted by molar-refractivity contribution is 0.0666. The standard InChI is InChI=1S/C34H22Cl3NO3/c1-18-6-8-19(9-7-18)31(39)30-29(25-13-11-22(36)17-26(25)37)34(32(40)23-4-2-3-5-24(23)33(34)41)28-15-10-20-16-21(35)12-14-27(20)38(28)30/h2-17,28-30H,1H3/t28-,29+,30-/m1/s1. The first-order chi connectivity index (χ1) is 19.7. The zero-order valence-corrected chi connectivity index (χ0v) is 24.0. The maximum absolute atomic E-state index is 14.7. The number of carbonyl (C=O) groups excluding carboxylic acids is 3. The van der Waals surface area contributed by atoms with Crippen molar-refractivity contribution < 1.29 is 14.4 Å². The van der Waals surface area contributed by atoms with Crippen LogP contribution in [0.2, 0.25) is 15.1 Å². The number of benzene rings is 4. The molecular weight excluding hydrogens is 577 g/mol. The van der Waals surface area contributed by atoms with Gasteiger partial charge in [-0.1, -0.05) is 107 Å². The van der Waals surface area contributed by atoms with Gasteiger partial charge in [0.2, 0.25) is 0 Å². The van der Waals surface area contributed by atoms with Crippen LogP contribution in [0.3, 0.4) is 0 Å². The van der Waals surface area contributed by atoms with E-state index in [1.54, 1.807) is 60.7 Å². The Hall–Kier alpha value is -3.70. The Labute approximate surface area is 252 Å². The van der Waals surface area contributed by atoms with Crippen molar-refractivity contribution >= 4 is 63.9 Å². The van der Waals surface area contributed by atoms with Crippen molar-refractivity contribution in [1.29, 1.82) is 0 Å². The van der Waals surface area contributed by atoms with Gasteiger partial charge >= 0.3 is 0 Å². The highest BCUT2D eigenvalue weighted by molar-refractivity contribution is 6.36. The number of Topliss-reactive ketones (excluding diaryl/α,β-unsaturated/α-hetero) is 3. The van der Waals surface area contributed by atoms with Gasteiger partial charge in [-0.25, -0.2) is 0 Å². The third-order valence-corrected chi connectivity index (χ3v) is 9.47. The zero-order chi connectivity index (χ0) is 28.6. The van der Waals surface area contributed by atoms with Crippen LogP contribution in [0.15, 0.2) is 91.0 Å². The van der Waals surface area contributed by atoms with E-state index >= 15 is 0 Å². The van der Waals surface area contributed by atoms with Crippen molar-refractivity contribution in [3.05, 3.63) is 139 Å². The number of ketones is 3. The molecule has 1 fully saturated rings. The predicted molar refractivity (Wildman–Crippen MR) is 163 cm³/mol. The Balaban J connectivity index is 1.56. The minimum Gasteiger partial charge on any atom is -0.352 e. The van der Waals surface area contributed by atoms with Gasteiger partial charge in [-0.3, -0.25) is 14.4 Å². The van der Waals surface area contributed by atoms with Crippen LogP contribution in [0.5, 0.6) is 0 Å². The van der Waals surface area contributed by atoms with Gasteiger partial charge in [0.1, 0.15) is 11.5 Å². The number of aryl methyl sites for hydroxylation is 1. The molecule has 2 aliphatic heterocycles. The van der Waals surface area contributed by atoms with Gasteiger partial charge in [-0.15, -0.1) is 0 Å². The SMILES string of the molecule is Cc1ccc(C(=O)[C@H]2[C@H](c3ccc(Cl)cc3Cl)C3(C(=O)c4ccccc4C3=O)[C@H]3C=Cc4cc(Cl)ccc4N23)cc1. The van der Waals surface area contributed by atoms with Crippen LogP contribution in [0.1, 0.15) is 53.7 Å². The molecule has 0 N–H and O–H groups in total. The van der Waals surface area contributed by atoms with Crippen molar-refractivity contribution in [1.82, 2.24) is 0 Å². The molecule has 4 aromatic carbocycles. The molecule has 3 atom stereocenters. The van der Waals surface area contributed by atoms with Gasteiger partial charge in [-0.2, -0.15) is 0 Å². The lowest BCUT2D eigenvalue weighted by Crippen LogP contribution is -2.48. The van der Waals surface area contributed by atoms with E-state index in [0.29, 0.717) is 37.3 Å². The van der Waals surface area contributed by atoms with Crippen molar-refractivity contribution in [3.63, 3.8) is 0 Å². The van der Waals surface area contributed by atoms with E-state index in [9.17, 15) is 14.4 Å². The first kappa shape index (κ1) is 26.2. The Morgan fingerprint density at radius 1 is 0.805 bits per heavy atom. The van der Waals surface area contributed by atoms with Crippen LogP contribution in [-0.2, 0) is 0 Å². The van der Waals surface area contributed by atoms with E-state index in [1.165, 1.54) is 0 Å². The number of nitrogens with zero attached hydrogens (tertiary/aromatic N) is 1. The van der Waals surface area contributed by atoms with E-state index in [2.05, 4.69) is 0 Å². The highest BCUT2D eigenvalue weighted by atomic mass is 35.5. The van der Waals surface area contributed by atoms with Crippen LogP contribution in [-0.4, -0.2) is 29.4 Å². The fourth-order valence-electron chi connectivity index (χ4n) is 6.93. The molecule has 0 amide bonds. The summed E-state index contributed by atoms with van der Waals surface area (Å²) in [4.78, 5) is 46.0. The second kappa shape index (κ2) is 9.42. The summed E-state index contributed by atoms with van der Waals surface area (Å²) in [5.74, 6) is -1.75. The summed E-state index contributed by atoms with van der Waals surface area (Å²) in [6.07, 6.45) is 3.74. The Bertz CT molecular complexity index is 1790. The Morgan fingerprint density at radius 3 is 2.10 bits per heavy atom. The molecule has 0 radical (unpaired) electrons. The minimum atomic E-state index is -1.64. The first-order valence-corrected chi connectivity index (χ1v) is 14.4. The summed E-state index contributed by atoms with van der Waals surface area (Å²) >= 11 is 19.5. The summed E-state index contributed by atoms with van der Waals surface area (Å²) in [6.45, 7) is 1.95. The topological polar surface area (TPSA) is 54.5 Å². The highest BCUT2D eigenvalue weighted by Crippen LogP contribution is 2.61. The largest absolute Gasteiger partial charge is 0.352 e. The fraction of sp³-hybridized carbons (Fsp3) is 0.147. The lowest BCUT2D eigenvalue weighted by Gasteiger charge is -2.37. The van der Waals surface area contributed by atoms with Gasteiger partial charge in [-0.05, 0) is 48.4 Å². The number of hydrogen-bond donors (Lipinski definition) is 0. The number of carbonyl (C=O) groups is 3. The van der Waals surface area contributed by atoms with E-state index in [0.717, 1.165) is 16.8 Å². The molecule has 1 spiro atoms. The molecule has 0 aromatic heterocycles. The Morgan fingerprint density at radius 2 is 1.44 bits per heavy atom. The fourth-order valence-corrected chi connectivity index (χ4v) is 7.64. The van der Waals surface area contributed by atoms with E-state index in [4.69, 9.17) is 34.8 Å². The molecule has 4 nitrogen and oxygen atoms in total. The number of rotatable bonds is 3. The van der Waals surface area contributed by atoms with Gasteiger partial charge in [0.15, 0.2) is 17.3 Å². The first-order valence-electron chi connectivity index (χ1n) is 13.2. The number of hydrogen-bond acceptors (Lipinski definition) is 4. The minimum absolute atomic E-state index is 0.212. The van der Waals surface area contributed by atoms with Crippen molar-refractivity contribution in [2.75, 3.05) is 4.90 Å². The summed E-state index contributed by atoms with van der Waals surface area (Å²) < 4.78 is 0. The van der Waals surface area contributed by atoms with Gasteiger partial charge in [0, 0.05) is 43.4 Å². The Kier molecular flexibility index (Phi) is 6.02. The number of fused-ring (bicyclic) bond motifs is 5. The van der Waals surface area contributed by atoms with Crippen LogP contribution >= 0.6 is 34.8 Å². The van der Waals surface area contributed by atoms with Crippen molar-refractivity contribution in [3.8, 4) is 0 Å². The third-order valence-electron chi connectivity index (χ3n) is 8.67. The molecule has 1 saturated heterocycles. The highest BCUT2D eigenvalue weighted by Gasteiger charge is 2.71. The molecule has 7 heteroatoms. The van der Waals surface area contributed by atoms with Crippen LogP contribution in [0.25, 0.3) is 6.08 Å². The maximum atomic E-state index is 14.7. The van der Waals surface area contributed by atoms with Gasteiger partial charge in [0.05, 0.1) is 6.04 Å². The molecule has 41 heavy (non-hydrogen) atoms. The summed E-state index contributed by atoms with van der Waals surface area (Å²) in [7, 11) is 0. The maximum Gasteiger partial charge on any atom is 0.185 e. The van der Waals surface area contributed by atoms with Crippen LogP contribution < -0.4 is 4.90 Å². The van der Waals surface area contributed by atoms with E-state index in [-0.39, 0.29) is 17.3 Å². The summed E-state index contributed by atoms with van der Waals surface area (Å²) in [5, 5.41) is 1.25. The zero-order valence-electron chi connectivity index (χ0n) is 21.8. The average Bonchev–Trinajstić information content (AvgIpc) is 3.39.